The number of aliphatic hydroxyl groups is 1. The van der Waals surface area contributed by atoms with Crippen molar-refractivity contribution < 1.29 is 57.6 Å². The van der Waals surface area contributed by atoms with Gasteiger partial charge in [-0.25, -0.2) is 4.79 Å². The molecule has 16 nitrogen and oxygen atoms in total. The molecule has 8 atom stereocenters. The van der Waals surface area contributed by atoms with Crippen LogP contribution in [0.25, 0.3) is 0 Å². The number of cyclic esters (lactones) is 1. The highest BCUT2D eigenvalue weighted by molar-refractivity contribution is 6.24. The van der Waals surface area contributed by atoms with Gasteiger partial charge in [-0.15, -0.1) is 0 Å². The van der Waals surface area contributed by atoms with Crippen LogP contribution in [0, 0.1) is 23.7 Å². The minimum Gasteiger partial charge on any atom is -0.483 e. The van der Waals surface area contributed by atoms with Crippen LogP contribution in [-0.2, 0) is 33.4 Å². The number of aliphatic hydroxyl groups excluding tert-OH is 1. The van der Waals surface area contributed by atoms with Gasteiger partial charge in [0.05, 0.1) is 29.8 Å². The van der Waals surface area contributed by atoms with Gasteiger partial charge in [-0.05, 0) is 80.4 Å². The fraction of sp³-hybridized carbons (Fsp3) is 0.605. The van der Waals surface area contributed by atoms with Crippen molar-refractivity contribution in [3.05, 3.63) is 53.1 Å². The molecule has 1 aromatic carbocycles. The van der Waals surface area contributed by atoms with Crippen LogP contribution in [0.3, 0.4) is 0 Å². The smallest absolute Gasteiger partial charge is 0.407 e. The molecule has 3 fully saturated rings. The Balaban J connectivity index is 0.811. The summed E-state index contributed by atoms with van der Waals surface area (Å²) in [7, 11) is 0. The molecule has 4 heterocycles. The number of amides is 6. The van der Waals surface area contributed by atoms with Crippen molar-refractivity contribution in [2.24, 2.45) is 23.7 Å². The molecule has 6 aliphatic rings. The van der Waals surface area contributed by atoms with Gasteiger partial charge in [-0.3, -0.25) is 39.0 Å². The number of hydrogen-bond donors (Lipinski definition) is 3. The molecule has 3 saturated heterocycles. The minimum absolute atomic E-state index is 0.00875. The Kier molecular flexibility index (Phi) is 13.1. The third-order valence-corrected chi connectivity index (χ3v) is 12.4. The van der Waals surface area contributed by atoms with Gasteiger partial charge >= 0.3 is 12.1 Å². The van der Waals surface area contributed by atoms with Gasteiger partial charge in [0.2, 0.25) is 11.8 Å². The number of fused-ring (bicyclic) bond motifs is 2. The molecule has 6 amide bonds. The first-order chi connectivity index (χ1) is 28.4. The standard InChI is InChI=1S/C43H54N4O12/c1-24-19-26-8-7-25(2)30(10-9-29-21-27(48)22-37(51)58-29)38(26)34(20-24)59-43(55)44-15-4-18-56-28-13-16-46(17-14-28)36(50)23-57-33-6-3-5-31-39(33)42(54)47(41(31)53)32-11-12-35(49)45-40(32)52/h3,5-8,19,24-25,27-30,32,34,38,48H,4,9-18,20-23H2,1-2H3,(H,44,55)(H,45,49,52)/t24-,25-,27+,29+,30-,32?,34-,38-/m0/s1. The summed E-state index contributed by atoms with van der Waals surface area (Å²) in [5.41, 5.74) is 1.24. The number of carbonyl (C=O) groups excluding carboxylic acids is 7. The Morgan fingerprint density at radius 1 is 1.02 bits per heavy atom. The van der Waals surface area contributed by atoms with E-state index in [1.807, 2.05) is 0 Å². The molecular formula is C43H54N4O12. The number of piperidine rings is 2. The topological polar surface area (TPSA) is 207 Å². The van der Waals surface area contributed by atoms with E-state index in [2.05, 4.69) is 42.7 Å². The van der Waals surface area contributed by atoms with Crippen LogP contribution in [0.5, 0.6) is 5.75 Å². The van der Waals surface area contributed by atoms with E-state index < -0.39 is 41.9 Å². The van der Waals surface area contributed by atoms with Crippen molar-refractivity contribution in [3.8, 4) is 5.75 Å². The molecule has 0 saturated carbocycles. The molecule has 0 bridgehead atoms. The second kappa shape index (κ2) is 18.4. The van der Waals surface area contributed by atoms with E-state index in [1.54, 1.807) is 11.0 Å². The van der Waals surface area contributed by atoms with E-state index in [9.17, 15) is 38.7 Å². The fourth-order valence-electron chi connectivity index (χ4n) is 9.44. The Morgan fingerprint density at radius 3 is 2.58 bits per heavy atom. The van der Waals surface area contributed by atoms with Crippen LogP contribution >= 0.6 is 0 Å². The highest BCUT2D eigenvalue weighted by Gasteiger charge is 2.46. The number of esters is 1. The zero-order valence-electron chi connectivity index (χ0n) is 33.6. The Hall–Kier alpha value is -5.09. The lowest BCUT2D eigenvalue weighted by Gasteiger charge is -2.43. The van der Waals surface area contributed by atoms with E-state index in [1.165, 1.54) is 17.7 Å². The van der Waals surface area contributed by atoms with Crippen LogP contribution in [0.1, 0.15) is 98.8 Å². The van der Waals surface area contributed by atoms with E-state index in [0.29, 0.717) is 64.8 Å². The number of imide groups is 2. The first-order valence-corrected chi connectivity index (χ1v) is 20.9. The lowest BCUT2D eigenvalue weighted by Crippen LogP contribution is -2.54. The average Bonchev–Trinajstić information content (AvgIpc) is 3.45. The Morgan fingerprint density at radius 2 is 1.81 bits per heavy atom. The van der Waals surface area contributed by atoms with E-state index in [-0.39, 0.29) is 96.6 Å². The summed E-state index contributed by atoms with van der Waals surface area (Å²) in [6.45, 7) is 5.64. The zero-order chi connectivity index (χ0) is 41.8. The molecule has 1 aromatic rings. The van der Waals surface area contributed by atoms with Crippen molar-refractivity contribution in [1.82, 2.24) is 20.4 Å². The number of nitrogens with zero attached hydrogens (tertiary/aromatic N) is 2. The van der Waals surface area contributed by atoms with Crippen molar-refractivity contribution >= 4 is 41.6 Å². The lowest BCUT2D eigenvalue weighted by molar-refractivity contribution is -0.160. The van der Waals surface area contributed by atoms with Gasteiger partial charge in [0.15, 0.2) is 6.61 Å². The number of allylic oxidation sites excluding steroid dienone is 3. The molecule has 16 heteroatoms. The number of carbonyl (C=O) groups is 7. The summed E-state index contributed by atoms with van der Waals surface area (Å²) in [6, 6.07) is 3.41. The maximum absolute atomic E-state index is 13.3. The normalized spacial score (nSPS) is 29.6. The second-order valence-corrected chi connectivity index (χ2v) is 16.7. The van der Waals surface area contributed by atoms with Crippen molar-refractivity contribution in [1.29, 1.82) is 0 Å². The molecule has 0 spiro atoms. The number of benzene rings is 1. The first-order valence-electron chi connectivity index (χ1n) is 20.9. The third kappa shape index (κ3) is 9.70. The number of likely N-dealkylation sites (tertiary alicyclic amines) is 1. The van der Waals surface area contributed by atoms with E-state index >= 15 is 0 Å². The summed E-state index contributed by atoms with van der Waals surface area (Å²) in [6.07, 6.45) is 9.28. The van der Waals surface area contributed by atoms with Gasteiger partial charge in [0.1, 0.15) is 24.0 Å². The monoisotopic (exact) mass is 818 g/mol. The first kappa shape index (κ1) is 42.0. The molecule has 59 heavy (non-hydrogen) atoms. The predicted molar refractivity (Wildman–Crippen MR) is 209 cm³/mol. The van der Waals surface area contributed by atoms with Crippen LogP contribution < -0.4 is 15.4 Å². The van der Waals surface area contributed by atoms with Gasteiger partial charge < -0.3 is 34.3 Å². The molecule has 1 unspecified atom stereocenters. The van der Waals surface area contributed by atoms with Gasteiger partial charge in [-0.1, -0.05) is 38.1 Å². The van der Waals surface area contributed by atoms with Crippen LogP contribution in [0.4, 0.5) is 4.79 Å². The Bertz CT molecular complexity index is 1890. The number of alkyl carbamates (subject to hydrolysis) is 1. The molecule has 4 aliphatic heterocycles. The molecule has 0 radical (unpaired) electrons. The largest absolute Gasteiger partial charge is 0.483 e. The summed E-state index contributed by atoms with van der Waals surface area (Å²) in [4.78, 5) is 91.1. The minimum atomic E-state index is -1.10. The average molecular weight is 819 g/mol. The maximum Gasteiger partial charge on any atom is 0.407 e. The van der Waals surface area contributed by atoms with Crippen LogP contribution in [-0.4, -0.2) is 120 Å². The number of ether oxygens (including phenoxy) is 4. The summed E-state index contributed by atoms with van der Waals surface area (Å²) in [5.74, 6) is -2.38. The summed E-state index contributed by atoms with van der Waals surface area (Å²) >= 11 is 0. The van der Waals surface area contributed by atoms with Gasteiger partial charge in [0, 0.05) is 45.0 Å². The third-order valence-electron chi connectivity index (χ3n) is 12.4. The quantitative estimate of drug-likeness (QED) is 0.149. The van der Waals surface area contributed by atoms with E-state index in [0.717, 1.165) is 11.3 Å². The molecule has 318 valence electrons. The summed E-state index contributed by atoms with van der Waals surface area (Å²) in [5, 5.41) is 15.1. The molecule has 0 aromatic heterocycles. The highest BCUT2D eigenvalue weighted by atomic mass is 16.6. The van der Waals surface area contributed by atoms with Crippen molar-refractivity contribution in [2.45, 2.75) is 109 Å². The SMILES string of the molecule is C[C@H]1C=C2C=C[C@H](C)[C@H](CC[C@@H]3C[C@@H](O)CC(=O)O3)[C@H]2[C@@H](OC(=O)NCCCOC2CCN(C(=O)COc3cccc4c3C(=O)N(C3CCC(=O)NC3=O)C4=O)CC2)C1. The fourth-order valence-corrected chi connectivity index (χ4v) is 9.44. The molecule has 7 rings (SSSR count). The number of hydrogen-bond acceptors (Lipinski definition) is 12. The zero-order valence-corrected chi connectivity index (χ0v) is 33.6. The number of nitrogens with one attached hydrogen (secondary N) is 2. The highest BCUT2D eigenvalue weighted by Crippen LogP contribution is 2.45. The number of rotatable bonds is 13. The van der Waals surface area contributed by atoms with Crippen LogP contribution in [0.15, 0.2) is 42.0 Å². The second-order valence-electron chi connectivity index (χ2n) is 16.7. The molecule has 2 aliphatic carbocycles. The van der Waals surface area contributed by atoms with Gasteiger partial charge in [-0.2, -0.15) is 0 Å². The summed E-state index contributed by atoms with van der Waals surface area (Å²) < 4.78 is 23.5. The maximum atomic E-state index is 13.3. The van der Waals surface area contributed by atoms with Gasteiger partial charge in [0.25, 0.3) is 17.7 Å². The van der Waals surface area contributed by atoms with Crippen molar-refractivity contribution in [3.63, 3.8) is 0 Å². The lowest BCUT2D eigenvalue weighted by atomic mass is 9.65. The van der Waals surface area contributed by atoms with Crippen molar-refractivity contribution in [2.75, 3.05) is 32.8 Å². The predicted octanol–water partition coefficient (Wildman–Crippen LogP) is 3.21. The molecule has 3 N–H and O–H groups in total. The molecular weight excluding hydrogens is 764 g/mol. The van der Waals surface area contributed by atoms with Crippen LogP contribution in [0.2, 0.25) is 0 Å². The van der Waals surface area contributed by atoms with E-state index in [4.69, 9.17) is 18.9 Å². The Labute approximate surface area is 343 Å².